The lowest BCUT2D eigenvalue weighted by Gasteiger charge is -2.30. The predicted octanol–water partition coefficient (Wildman–Crippen LogP) is 4.08. The molecule has 7 nitrogen and oxygen atoms in total. The first kappa shape index (κ1) is 22.1. The Labute approximate surface area is 196 Å². The number of carbonyl (C=O) groups is 1. The minimum Gasteiger partial charge on any atom is -0.490 e. The Bertz CT molecular complexity index is 1000. The van der Waals surface area contributed by atoms with Crippen molar-refractivity contribution in [3.8, 4) is 5.75 Å². The SMILES string of the molecule is CNc1nc(C2CCCN2C(C)=O)nc2c1CCN(Cc1cccc(OC3CCCC3)c1)C2. The van der Waals surface area contributed by atoms with Crippen LogP contribution in [0.1, 0.15) is 74.1 Å². The van der Waals surface area contributed by atoms with Crippen LogP contribution in [0.5, 0.6) is 5.75 Å². The highest BCUT2D eigenvalue weighted by molar-refractivity contribution is 5.74. The zero-order chi connectivity index (χ0) is 22.8. The molecule has 1 aliphatic carbocycles. The van der Waals surface area contributed by atoms with Gasteiger partial charge >= 0.3 is 0 Å². The van der Waals surface area contributed by atoms with Crippen LogP contribution in [0, 0.1) is 0 Å². The van der Waals surface area contributed by atoms with Crippen LogP contribution in [-0.2, 0) is 24.3 Å². The van der Waals surface area contributed by atoms with Crippen molar-refractivity contribution in [2.45, 2.75) is 77.1 Å². The second kappa shape index (κ2) is 9.67. The standard InChI is InChI=1S/C26H35N5O2/c1-18(32)31-13-6-11-24(31)26-28-23-17-30(14-12-22(23)25(27-2)29-26)16-19-7-5-10-21(15-19)33-20-8-3-4-9-20/h5,7,10,15,20,24H,3-4,6,8-9,11-14,16-17H2,1-2H3,(H,27,28,29). The number of aromatic nitrogens is 2. The van der Waals surface area contributed by atoms with E-state index in [0.29, 0.717) is 6.10 Å². The van der Waals surface area contributed by atoms with Gasteiger partial charge in [-0.05, 0) is 62.6 Å². The van der Waals surface area contributed by atoms with E-state index in [-0.39, 0.29) is 11.9 Å². The number of rotatable bonds is 6. The van der Waals surface area contributed by atoms with Gasteiger partial charge < -0.3 is 15.0 Å². The van der Waals surface area contributed by atoms with Crippen molar-refractivity contribution in [2.75, 3.05) is 25.5 Å². The van der Waals surface area contributed by atoms with Gasteiger partial charge in [-0.2, -0.15) is 0 Å². The first-order chi connectivity index (χ1) is 16.1. The molecular formula is C26H35N5O2. The van der Waals surface area contributed by atoms with Gasteiger partial charge in [-0.15, -0.1) is 0 Å². The lowest BCUT2D eigenvalue weighted by Crippen LogP contribution is -2.33. The summed E-state index contributed by atoms with van der Waals surface area (Å²) in [4.78, 5) is 26.3. The number of anilines is 1. The van der Waals surface area contributed by atoms with Crippen molar-refractivity contribution in [3.05, 3.63) is 46.9 Å². The fourth-order valence-electron chi connectivity index (χ4n) is 5.58. The molecule has 1 saturated carbocycles. The van der Waals surface area contributed by atoms with Crippen LogP contribution in [0.25, 0.3) is 0 Å². The van der Waals surface area contributed by atoms with Crippen molar-refractivity contribution in [1.29, 1.82) is 0 Å². The molecule has 0 radical (unpaired) electrons. The first-order valence-corrected chi connectivity index (χ1v) is 12.4. The molecule has 0 spiro atoms. The molecule has 0 bridgehead atoms. The number of likely N-dealkylation sites (tertiary alicyclic amines) is 1. The summed E-state index contributed by atoms with van der Waals surface area (Å²) in [6.45, 7) is 5.07. The Morgan fingerprint density at radius 2 is 2.00 bits per heavy atom. The number of fused-ring (bicyclic) bond motifs is 1. The van der Waals surface area contributed by atoms with E-state index in [0.717, 1.165) is 68.5 Å². The van der Waals surface area contributed by atoms with Crippen LogP contribution < -0.4 is 10.1 Å². The predicted molar refractivity (Wildman–Crippen MR) is 128 cm³/mol. The zero-order valence-electron chi connectivity index (χ0n) is 19.8. The number of amides is 1. The minimum absolute atomic E-state index is 0.0142. The Morgan fingerprint density at radius 3 is 2.79 bits per heavy atom. The number of hydrogen-bond donors (Lipinski definition) is 1. The van der Waals surface area contributed by atoms with Crippen LogP contribution in [0.2, 0.25) is 0 Å². The molecule has 33 heavy (non-hydrogen) atoms. The molecule has 1 aromatic carbocycles. The molecule has 1 amide bonds. The maximum absolute atomic E-state index is 12.1. The second-order valence-corrected chi connectivity index (χ2v) is 9.61. The molecule has 1 atom stereocenters. The summed E-state index contributed by atoms with van der Waals surface area (Å²) in [6.07, 6.45) is 8.13. The number of nitrogens with one attached hydrogen (secondary N) is 1. The third-order valence-electron chi connectivity index (χ3n) is 7.26. The van der Waals surface area contributed by atoms with E-state index >= 15 is 0 Å². The fourth-order valence-corrected chi connectivity index (χ4v) is 5.58. The quantitative estimate of drug-likeness (QED) is 0.717. The van der Waals surface area contributed by atoms with Gasteiger partial charge in [0.05, 0.1) is 17.8 Å². The molecule has 3 aliphatic rings. The van der Waals surface area contributed by atoms with E-state index in [9.17, 15) is 4.79 Å². The van der Waals surface area contributed by atoms with Gasteiger partial charge in [0.2, 0.25) is 5.91 Å². The fraction of sp³-hybridized carbons (Fsp3) is 0.577. The van der Waals surface area contributed by atoms with Crippen molar-refractivity contribution in [2.24, 2.45) is 0 Å². The molecular weight excluding hydrogens is 414 g/mol. The van der Waals surface area contributed by atoms with E-state index in [4.69, 9.17) is 14.7 Å². The van der Waals surface area contributed by atoms with Gasteiger partial charge in [0.25, 0.3) is 0 Å². The number of hydrogen-bond acceptors (Lipinski definition) is 6. The lowest BCUT2D eigenvalue weighted by molar-refractivity contribution is -0.129. The Morgan fingerprint density at radius 1 is 1.15 bits per heavy atom. The highest BCUT2D eigenvalue weighted by atomic mass is 16.5. The molecule has 2 aliphatic heterocycles. The first-order valence-electron chi connectivity index (χ1n) is 12.4. The second-order valence-electron chi connectivity index (χ2n) is 9.61. The van der Waals surface area contributed by atoms with Gasteiger partial charge in [-0.1, -0.05) is 12.1 Å². The van der Waals surface area contributed by atoms with Crippen LogP contribution in [-0.4, -0.2) is 51.9 Å². The van der Waals surface area contributed by atoms with Crippen molar-refractivity contribution >= 4 is 11.7 Å². The average molecular weight is 450 g/mol. The zero-order valence-corrected chi connectivity index (χ0v) is 19.8. The third kappa shape index (κ3) is 4.83. The van der Waals surface area contributed by atoms with Crippen LogP contribution >= 0.6 is 0 Å². The largest absolute Gasteiger partial charge is 0.490 e. The van der Waals surface area contributed by atoms with Gasteiger partial charge in [0.1, 0.15) is 11.6 Å². The molecule has 1 aromatic heterocycles. The molecule has 1 saturated heterocycles. The highest BCUT2D eigenvalue weighted by Gasteiger charge is 2.32. The molecule has 2 aromatic rings. The molecule has 1 N–H and O–H groups in total. The van der Waals surface area contributed by atoms with Crippen LogP contribution in [0.3, 0.4) is 0 Å². The number of carbonyl (C=O) groups excluding carboxylic acids is 1. The summed E-state index contributed by atoms with van der Waals surface area (Å²) >= 11 is 0. The Kier molecular flexibility index (Phi) is 6.49. The van der Waals surface area contributed by atoms with Gasteiger partial charge in [0.15, 0.2) is 5.82 Å². The molecule has 2 fully saturated rings. The minimum atomic E-state index is -0.0142. The molecule has 3 heterocycles. The normalized spacial score (nSPS) is 21.3. The van der Waals surface area contributed by atoms with E-state index in [1.807, 2.05) is 11.9 Å². The van der Waals surface area contributed by atoms with E-state index in [1.165, 1.54) is 36.8 Å². The van der Waals surface area contributed by atoms with Crippen molar-refractivity contribution in [3.63, 3.8) is 0 Å². The molecule has 1 unspecified atom stereocenters. The topological polar surface area (TPSA) is 70.6 Å². The van der Waals surface area contributed by atoms with Gasteiger partial charge in [-0.3, -0.25) is 9.69 Å². The maximum atomic E-state index is 12.1. The summed E-state index contributed by atoms with van der Waals surface area (Å²) < 4.78 is 6.21. The van der Waals surface area contributed by atoms with Crippen LogP contribution in [0.15, 0.2) is 24.3 Å². The lowest BCUT2D eigenvalue weighted by atomic mass is 10.0. The smallest absolute Gasteiger partial charge is 0.220 e. The monoisotopic (exact) mass is 449 g/mol. The van der Waals surface area contributed by atoms with E-state index in [1.54, 1.807) is 6.92 Å². The number of ether oxygens (including phenoxy) is 1. The summed E-state index contributed by atoms with van der Waals surface area (Å²) in [5, 5.41) is 3.28. The number of nitrogens with zero attached hydrogens (tertiary/aromatic N) is 4. The summed E-state index contributed by atoms with van der Waals surface area (Å²) in [6, 6.07) is 8.55. The summed E-state index contributed by atoms with van der Waals surface area (Å²) in [7, 11) is 1.92. The van der Waals surface area contributed by atoms with Crippen molar-refractivity contribution in [1.82, 2.24) is 19.8 Å². The molecule has 7 heteroatoms. The van der Waals surface area contributed by atoms with Crippen molar-refractivity contribution < 1.29 is 9.53 Å². The Hall–Kier alpha value is -2.67. The number of benzene rings is 1. The van der Waals surface area contributed by atoms with Gasteiger partial charge in [-0.25, -0.2) is 9.97 Å². The maximum Gasteiger partial charge on any atom is 0.220 e. The van der Waals surface area contributed by atoms with Crippen LogP contribution in [0.4, 0.5) is 5.82 Å². The summed E-state index contributed by atoms with van der Waals surface area (Å²) in [5.41, 5.74) is 3.57. The Balaban J connectivity index is 1.32. The van der Waals surface area contributed by atoms with E-state index < -0.39 is 0 Å². The average Bonchev–Trinajstić information content (AvgIpc) is 3.51. The third-order valence-corrected chi connectivity index (χ3v) is 7.26. The highest BCUT2D eigenvalue weighted by Crippen LogP contribution is 2.33. The summed E-state index contributed by atoms with van der Waals surface area (Å²) in [5.74, 6) is 2.78. The van der Waals surface area contributed by atoms with Gasteiger partial charge in [0, 0.05) is 45.7 Å². The molecule has 5 rings (SSSR count). The molecule has 176 valence electrons. The van der Waals surface area contributed by atoms with E-state index in [2.05, 4.69) is 34.5 Å².